The molecular formula is C16H21NO3. The molecule has 1 saturated carbocycles. The molecular weight excluding hydrogens is 254 g/mol. The summed E-state index contributed by atoms with van der Waals surface area (Å²) < 4.78 is 5.28. The number of carbonyl (C=O) groups excluding carboxylic acids is 2. The lowest BCUT2D eigenvalue weighted by atomic mass is 10.0. The van der Waals surface area contributed by atoms with Crippen LogP contribution < -0.4 is 10.1 Å². The summed E-state index contributed by atoms with van der Waals surface area (Å²) in [6.45, 7) is 1.46. The number of amides is 1. The van der Waals surface area contributed by atoms with E-state index in [0.29, 0.717) is 23.8 Å². The van der Waals surface area contributed by atoms with Crippen LogP contribution in [0.3, 0.4) is 0 Å². The Hall–Kier alpha value is -1.84. The third-order valence-corrected chi connectivity index (χ3v) is 3.64. The largest absolute Gasteiger partial charge is 0.427 e. The van der Waals surface area contributed by atoms with Gasteiger partial charge in [0.05, 0.1) is 0 Å². The summed E-state index contributed by atoms with van der Waals surface area (Å²) in [4.78, 5) is 22.6. The van der Waals surface area contributed by atoms with Gasteiger partial charge in [-0.1, -0.05) is 25.7 Å². The zero-order valence-corrected chi connectivity index (χ0v) is 11.9. The van der Waals surface area contributed by atoms with Gasteiger partial charge in [0.2, 0.25) is 5.91 Å². The first-order valence-corrected chi connectivity index (χ1v) is 7.22. The number of esters is 1. The Morgan fingerprint density at radius 2 is 1.85 bits per heavy atom. The Labute approximate surface area is 119 Å². The first-order chi connectivity index (χ1) is 9.63. The first kappa shape index (κ1) is 14.6. The number of hydrogen-bond donors (Lipinski definition) is 1. The fraction of sp³-hybridized carbons (Fsp3) is 0.500. The van der Waals surface area contributed by atoms with Crippen molar-refractivity contribution in [1.29, 1.82) is 0 Å². The molecule has 1 N–H and O–H groups in total. The lowest BCUT2D eigenvalue weighted by molar-refractivity contribution is -0.134. The van der Waals surface area contributed by atoms with Gasteiger partial charge in [0.25, 0.3) is 0 Å². The number of hydrogen-bond acceptors (Lipinski definition) is 3. The van der Waals surface area contributed by atoms with Crippen molar-refractivity contribution in [3.63, 3.8) is 0 Å². The second kappa shape index (κ2) is 7.08. The molecule has 0 spiro atoms. The van der Waals surface area contributed by atoms with Crippen LogP contribution in [0.1, 0.15) is 45.4 Å². The molecule has 0 unspecified atom stereocenters. The van der Waals surface area contributed by atoms with Crippen LogP contribution in [0.2, 0.25) is 0 Å². The van der Waals surface area contributed by atoms with E-state index in [4.69, 9.17) is 4.74 Å². The molecule has 0 aliphatic heterocycles. The normalized spacial score (nSPS) is 15.1. The summed E-state index contributed by atoms with van der Waals surface area (Å²) in [5.41, 5.74) is 0.697. The summed E-state index contributed by atoms with van der Waals surface area (Å²) >= 11 is 0. The Bertz CT molecular complexity index is 461. The average molecular weight is 275 g/mol. The van der Waals surface area contributed by atoms with E-state index in [1.54, 1.807) is 24.3 Å². The van der Waals surface area contributed by atoms with Crippen LogP contribution in [0.4, 0.5) is 5.69 Å². The molecule has 4 nitrogen and oxygen atoms in total. The highest BCUT2D eigenvalue weighted by Gasteiger charge is 2.16. The Balaban J connectivity index is 1.76. The average Bonchev–Trinajstić information content (AvgIpc) is 2.91. The van der Waals surface area contributed by atoms with Crippen LogP contribution in [-0.2, 0) is 9.59 Å². The quantitative estimate of drug-likeness (QED) is 0.660. The van der Waals surface area contributed by atoms with Gasteiger partial charge in [0, 0.05) is 19.0 Å². The minimum atomic E-state index is -0.177. The fourth-order valence-corrected chi connectivity index (χ4v) is 2.61. The Morgan fingerprint density at radius 1 is 1.20 bits per heavy atom. The van der Waals surface area contributed by atoms with Crippen LogP contribution in [0.5, 0.6) is 5.75 Å². The SMILES string of the molecule is CC(=O)Nc1ccc(OC(=O)CCC2CCCC2)cc1. The molecule has 0 radical (unpaired) electrons. The smallest absolute Gasteiger partial charge is 0.311 e. The molecule has 0 bridgehead atoms. The molecule has 1 fully saturated rings. The molecule has 108 valence electrons. The van der Waals surface area contributed by atoms with Gasteiger partial charge in [-0.25, -0.2) is 0 Å². The zero-order chi connectivity index (χ0) is 14.4. The third kappa shape index (κ3) is 4.68. The third-order valence-electron chi connectivity index (χ3n) is 3.64. The summed E-state index contributed by atoms with van der Waals surface area (Å²) in [6.07, 6.45) is 6.51. The van der Waals surface area contributed by atoms with Crippen molar-refractivity contribution < 1.29 is 14.3 Å². The molecule has 1 aromatic carbocycles. The number of benzene rings is 1. The number of carbonyl (C=O) groups is 2. The summed E-state index contributed by atoms with van der Waals surface area (Å²) in [5.74, 6) is 0.927. The fourth-order valence-electron chi connectivity index (χ4n) is 2.61. The minimum Gasteiger partial charge on any atom is -0.427 e. The van der Waals surface area contributed by atoms with E-state index in [-0.39, 0.29) is 11.9 Å². The molecule has 0 aromatic heterocycles. The molecule has 1 aliphatic rings. The van der Waals surface area contributed by atoms with E-state index >= 15 is 0 Å². The van der Waals surface area contributed by atoms with Crippen molar-refractivity contribution in [1.82, 2.24) is 0 Å². The van der Waals surface area contributed by atoms with Crippen LogP contribution in [0.25, 0.3) is 0 Å². The van der Waals surface area contributed by atoms with Gasteiger partial charge in [0.1, 0.15) is 5.75 Å². The van der Waals surface area contributed by atoms with Gasteiger partial charge in [-0.05, 0) is 36.6 Å². The van der Waals surface area contributed by atoms with Crippen LogP contribution in [-0.4, -0.2) is 11.9 Å². The van der Waals surface area contributed by atoms with Crippen LogP contribution >= 0.6 is 0 Å². The molecule has 1 aliphatic carbocycles. The summed E-state index contributed by atoms with van der Waals surface area (Å²) in [6, 6.07) is 6.83. The molecule has 2 rings (SSSR count). The number of nitrogens with one attached hydrogen (secondary N) is 1. The Morgan fingerprint density at radius 3 is 2.45 bits per heavy atom. The van der Waals surface area contributed by atoms with Crippen molar-refractivity contribution in [3.8, 4) is 5.75 Å². The molecule has 20 heavy (non-hydrogen) atoms. The number of rotatable bonds is 5. The predicted octanol–water partition coefficient (Wildman–Crippen LogP) is 3.52. The molecule has 1 aromatic rings. The lowest BCUT2D eigenvalue weighted by Gasteiger charge is -2.09. The van der Waals surface area contributed by atoms with E-state index in [2.05, 4.69) is 5.32 Å². The molecule has 0 atom stereocenters. The van der Waals surface area contributed by atoms with Crippen molar-refractivity contribution >= 4 is 17.6 Å². The number of anilines is 1. The zero-order valence-electron chi connectivity index (χ0n) is 11.9. The van der Waals surface area contributed by atoms with Crippen LogP contribution in [0, 0.1) is 5.92 Å². The van der Waals surface area contributed by atoms with Crippen molar-refractivity contribution in [2.45, 2.75) is 45.4 Å². The van der Waals surface area contributed by atoms with Gasteiger partial charge in [-0.15, -0.1) is 0 Å². The highest BCUT2D eigenvalue weighted by atomic mass is 16.5. The van der Waals surface area contributed by atoms with Gasteiger partial charge in [0.15, 0.2) is 0 Å². The highest BCUT2D eigenvalue weighted by Crippen LogP contribution is 2.28. The molecule has 0 heterocycles. The van der Waals surface area contributed by atoms with Crippen molar-refractivity contribution in [2.75, 3.05) is 5.32 Å². The van der Waals surface area contributed by atoms with Crippen LogP contribution in [0.15, 0.2) is 24.3 Å². The maximum absolute atomic E-state index is 11.7. The van der Waals surface area contributed by atoms with Gasteiger partial charge in [-0.3, -0.25) is 9.59 Å². The highest BCUT2D eigenvalue weighted by molar-refractivity contribution is 5.88. The van der Waals surface area contributed by atoms with E-state index in [0.717, 1.165) is 6.42 Å². The Kier molecular flexibility index (Phi) is 5.16. The predicted molar refractivity (Wildman–Crippen MR) is 77.6 cm³/mol. The first-order valence-electron chi connectivity index (χ1n) is 7.22. The standard InChI is InChI=1S/C16H21NO3/c1-12(18)17-14-7-9-15(10-8-14)20-16(19)11-6-13-4-2-3-5-13/h7-10,13H,2-6,11H2,1H3,(H,17,18). The second-order valence-electron chi connectivity index (χ2n) is 5.37. The van der Waals surface area contributed by atoms with Gasteiger partial charge >= 0.3 is 5.97 Å². The number of ether oxygens (including phenoxy) is 1. The van der Waals surface area contributed by atoms with Gasteiger partial charge < -0.3 is 10.1 Å². The van der Waals surface area contributed by atoms with E-state index in [1.165, 1.54) is 32.6 Å². The molecule has 1 amide bonds. The topological polar surface area (TPSA) is 55.4 Å². The lowest BCUT2D eigenvalue weighted by Crippen LogP contribution is -2.10. The van der Waals surface area contributed by atoms with E-state index < -0.39 is 0 Å². The van der Waals surface area contributed by atoms with E-state index in [9.17, 15) is 9.59 Å². The van der Waals surface area contributed by atoms with Crippen molar-refractivity contribution in [2.24, 2.45) is 5.92 Å². The monoisotopic (exact) mass is 275 g/mol. The summed E-state index contributed by atoms with van der Waals surface area (Å²) in [5, 5.41) is 2.67. The van der Waals surface area contributed by atoms with Crippen molar-refractivity contribution in [3.05, 3.63) is 24.3 Å². The maximum Gasteiger partial charge on any atom is 0.311 e. The molecule has 0 saturated heterocycles. The molecule has 4 heteroatoms. The van der Waals surface area contributed by atoms with Gasteiger partial charge in [-0.2, -0.15) is 0 Å². The summed E-state index contributed by atoms with van der Waals surface area (Å²) in [7, 11) is 0. The second-order valence-corrected chi connectivity index (χ2v) is 5.37. The minimum absolute atomic E-state index is 0.119. The maximum atomic E-state index is 11.7. The van der Waals surface area contributed by atoms with E-state index in [1.807, 2.05) is 0 Å².